The lowest BCUT2D eigenvalue weighted by atomic mass is 9.75. The van der Waals surface area contributed by atoms with Gasteiger partial charge in [0, 0.05) is 28.7 Å². The number of aromatic hydroxyl groups is 2. The Bertz CT molecular complexity index is 664. The van der Waals surface area contributed by atoms with Crippen LogP contribution in [-0.4, -0.2) is 10.2 Å². The Morgan fingerprint density at radius 2 is 1.25 bits per heavy atom. The van der Waals surface area contributed by atoms with Crippen LogP contribution in [0.3, 0.4) is 0 Å². The minimum absolute atomic E-state index is 0.0172. The Hall–Kier alpha value is -2.56. The van der Waals surface area contributed by atoms with Crippen LogP contribution in [0.5, 0.6) is 23.0 Å². The molecule has 2 aromatic rings. The first kappa shape index (κ1) is 12.5. The lowest BCUT2D eigenvalue weighted by molar-refractivity contribution is 0.408. The molecule has 0 bridgehead atoms. The quantitative estimate of drug-likeness (QED) is 0.436. The van der Waals surface area contributed by atoms with Crippen molar-refractivity contribution >= 4 is 11.4 Å². The third-order valence-electron chi connectivity index (χ3n) is 3.82. The monoisotopic (exact) mass is 272 g/mol. The zero-order chi connectivity index (χ0) is 14.7. The molecule has 0 aliphatic carbocycles. The first-order valence-electron chi connectivity index (χ1n) is 6.24. The average Bonchev–Trinajstić information content (AvgIpc) is 2.35. The van der Waals surface area contributed by atoms with Crippen LogP contribution >= 0.6 is 0 Å². The van der Waals surface area contributed by atoms with Crippen molar-refractivity contribution in [2.45, 2.75) is 19.3 Å². The van der Waals surface area contributed by atoms with E-state index >= 15 is 0 Å². The van der Waals surface area contributed by atoms with Gasteiger partial charge in [0.25, 0.3) is 0 Å². The van der Waals surface area contributed by atoms with E-state index in [2.05, 4.69) is 0 Å². The Kier molecular flexibility index (Phi) is 2.32. The molecule has 0 radical (unpaired) electrons. The highest BCUT2D eigenvalue weighted by Gasteiger charge is 2.35. The molecule has 2 aromatic carbocycles. The maximum atomic E-state index is 9.80. The van der Waals surface area contributed by atoms with E-state index in [-0.39, 0.29) is 22.9 Å². The Balaban J connectivity index is 2.28. The minimum atomic E-state index is -0.445. The van der Waals surface area contributed by atoms with Crippen LogP contribution in [0.25, 0.3) is 0 Å². The van der Waals surface area contributed by atoms with E-state index in [1.165, 1.54) is 0 Å². The van der Waals surface area contributed by atoms with Crippen LogP contribution in [0.1, 0.15) is 25.0 Å². The molecule has 6 N–H and O–H groups in total. The van der Waals surface area contributed by atoms with Gasteiger partial charge in [0.2, 0.25) is 0 Å². The summed E-state index contributed by atoms with van der Waals surface area (Å²) in [5, 5.41) is 19.6. The van der Waals surface area contributed by atoms with E-state index in [1.54, 1.807) is 24.3 Å². The number of hydrogen-bond donors (Lipinski definition) is 4. The fourth-order valence-corrected chi connectivity index (χ4v) is 2.58. The number of anilines is 2. The van der Waals surface area contributed by atoms with Crippen molar-refractivity contribution in [1.29, 1.82) is 0 Å². The third kappa shape index (κ3) is 1.56. The van der Waals surface area contributed by atoms with Crippen LogP contribution < -0.4 is 16.2 Å². The molecule has 0 aromatic heterocycles. The van der Waals surface area contributed by atoms with Gasteiger partial charge in [0.1, 0.15) is 23.0 Å². The van der Waals surface area contributed by atoms with E-state index in [4.69, 9.17) is 16.2 Å². The third-order valence-corrected chi connectivity index (χ3v) is 3.82. The minimum Gasteiger partial charge on any atom is -0.506 e. The molecule has 0 spiro atoms. The fourth-order valence-electron chi connectivity index (χ4n) is 2.58. The Morgan fingerprint density at radius 1 is 0.850 bits per heavy atom. The van der Waals surface area contributed by atoms with Crippen molar-refractivity contribution in [3.8, 4) is 23.0 Å². The number of nitrogen functional groups attached to an aromatic ring is 2. The average molecular weight is 272 g/mol. The highest BCUT2D eigenvalue weighted by atomic mass is 16.5. The van der Waals surface area contributed by atoms with Gasteiger partial charge >= 0.3 is 0 Å². The topological polar surface area (TPSA) is 102 Å². The zero-order valence-corrected chi connectivity index (χ0v) is 11.3. The predicted molar refractivity (Wildman–Crippen MR) is 77.2 cm³/mol. The van der Waals surface area contributed by atoms with E-state index in [0.29, 0.717) is 11.5 Å². The second-order valence-corrected chi connectivity index (χ2v) is 5.54. The van der Waals surface area contributed by atoms with E-state index < -0.39 is 5.41 Å². The molecule has 1 aliphatic rings. The van der Waals surface area contributed by atoms with Gasteiger partial charge in [0.15, 0.2) is 0 Å². The highest BCUT2D eigenvalue weighted by Crippen LogP contribution is 2.51. The van der Waals surface area contributed by atoms with Gasteiger partial charge < -0.3 is 26.4 Å². The summed E-state index contributed by atoms with van der Waals surface area (Å²) in [5.41, 5.74) is 13.1. The smallest absolute Gasteiger partial charge is 0.139 e. The van der Waals surface area contributed by atoms with Crippen LogP contribution in [0, 0.1) is 0 Å². The van der Waals surface area contributed by atoms with Gasteiger partial charge in [-0.1, -0.05) is 13.8 Å². The Labute approximate surface area is 116 Å². The SMILES string of the molecule is CC1(C)c2cc(O)c(N)cc2Oc2cc(N)c(O)cc21. The van der Waals surface area contributed by atoms with Crippen molar-refractivity contribution in [3.05, 3.63) is 35.4 Å². The molecule has 5 heteroatoms. The summed E-state index contributed by atoms with van der Waals surface area (Å²) < 4.78 is 5.80. The fraction of sp³-hybridized carbons (Fsp3) is 0.200. The van der Waals surface area contributed by atoms with Crippen molar-refractivity contribution in [2.75, 3.05) is 11.5 Å². The standard InChI is InChI=1S/C15H16N2O3/c1-15(2)7-3-11(18)9(16)5-13(7)20-14-6-10(17)12(19)4-8(14)15/h3-6,18-19H,16-17H2,1-2H3. The van der Waals surface area contributed by atoms with Gasteiger partial charge in [-0.3, -0.25) is 0 Å². The lowest BCUT2D eigenvalue weighted by Gasteiger charge is -2.35. The second kappa shape index (κ2) is 3.72. The summed E-state index contributed by atoms with van der Waals surface area (Å²) in [6, 6.07) is 6.39. The van der Waals surface area contributed by atoms with Gasteiger partial charge in [-0.2, -0.15) is 0 Å². The maximum Gasteiger partial charge on any atom is 0.139 e. The largest absolute Gasteiger partial charge is 0.506 e. The van der Waals surface area contributed by atoms with Gasteiger partial charge in [0.05, 0.1) is 11.4 Å². The molecule has 104 valence electrons. The molecule has 1 aliphatic heterocycles. The summed E-state index contributed by atoms with van der Waals surface area (Å²) in [7, 11) is 0. The van der Waals surface area contributed by atoms with E-state index in [0.717, 1.165) is 11.1 Å². The van der Waals surface area contributed by atoms with Crippen molar-refractivity contribution < 1.29 is 14.9 Å². The molecule has 5 nitrogen and oxygen atoms in total. The number of ether oxygens (including phenoxy) is 1. The van der Waals surface area contributed by atoms with Gasteiger partial charge in [-0.15, -0.1) is 0 Å². The van der Waals surface area contributed by atoms with E-state index in [1.807, 2.05) is 13.8 Å². The number of benzene rings is 2. The highest BCUT2D eigenvalue weighted by molar-refractivity contribution is 5.69. The zero-order valence-electron chi connectivity index (χ0n) is 11.3. The van der Waals surface area contributed by atoms with Gasteiger partial charge in [-0.05, 0) is 12.1 Å². The molecule has 0 unspecified atom stereocenters. The molecule has 0 amide bonds. The summed E-state index contributed by atoms with van der Waals surface area (Å²) in [6.07, 6.45) is 0. The normalized spacial score (nSPS) is 15.1. The molecular formula is C15H16N2O3. The molecule has 0 atom stereocenters. The molecule has 1 heterocycles. The van der Waals surface area contributed by atoms with Crippen molar-refractivity contribution in [1.82, 2.24) is 0 Å². The lowest BCUT2D eigenvalue weighted by Crippen LogP contribution is -2.24. The van der Waals surface area contributed by atoms with Crippen LogP contribution in [0.4, 0.5) is 11.4 Å². The molecule has 3 rings (SSSR count). The molecule has 0 fully saturated rings. The van der Waals surface area contributed by atoms with Crippen LogP contribution in [-0.2, 0) is 5.41 Å². The number of phenols is 2. The van der Waals surface area contributed by atoms with Gasteiger partial charge in [-0.25, -0.2) is 0 Å². The summed E-state index contributed by atoms with van der Waals surface area (Å²) >= 11 is 0. The summed E-state index contributed by atoms with van der Waals surface area (Å²) in [4.78, 5) is 0. The number of nitrogens with two attached hydrogens (primary N) is 2. The van der Waals surface area contributed by atoms with Crippen LogP contribution in [0.2, 0.25) is 0 Å². The Morgan fingerprint density at radius 3 is 1.65 bits per heavy atom. The second-order valence-electron chi connectivity index (χ2n) is 5.54. The number of phenolic OH excluding ortho intramolecular Hbond substituents is 2. The number of hydrogen-bond acceptors (Lipinski definition) is 5. The number of rotatable bonds is 0. The molecule has 0 saturated carbocycles. The molecular weight excluding hydrogens is 256 g/mol. The summed E-state index contributed by atoms with van der Waals surface area (Å²) in [6.45, 7) is 3.97. The first-order chi connectivity index (χ1) is 9.30. The summed E-state index contributed by atoms with van der Waals surface area (Å²) in [5.74, 6) is 1.21. The number of fused-ring (bicyclic) bond motifs is 2. The molecule has 0 saturated heterocycles. The van der Waals surface area contributed by atoms with Crippen molar-refractivity contribution in [3.63, 3.8) is 0 Å². The van der Waals surface area contributed by atoms with Crippen molar-refractivity contribution in [2.24, 2.45) is 0 Å². The predicted octanol–water partition coefficient (Wildman–Crippen LogP) is 2.69. The van der Waals surface area contributed by atoms with E-state index in [9.17, 15) is 10.2 Å². The van der Waals surface area contributed by atoms with Crippen LogP contribution in [0.15, 0.2) is 24.3 Å². The maximum absolute atomic E-state index is 9.80. The first-order valence-corrected chi connectivity index (χ1v) is 6.24. The molecule has 20 heavy (non-hydrogen) atoms.